The molecule has 2 nitrogen and oxygen atoms in total. The highest BCUT2D eigenvalue weighted by atomic mass is 35.5. The van der Waals surface area contributed by atoms with Crippen LogP contribution < -0.4 is 0 Å². The van der Waals surface area contributed by atoms with Gasteiger partial charge in [0.25, 0.3) is 0 Å². The maximum absolute atomic E-state index is 9.92. The number of β-amino-alcohol motifs (C(OH)–C–C–N with tert-alkyl or cyclic N) is 1. The molecule has 1 saturated carbocycles. The average Bonchev–Trinajstić information content (AvgIpc) is 2.77. The van der Waals surface area contributed by atoms with Gasteiger partial charge in [-0.1, -0.05) is 17.7 Å². The lowest BCUT2D eigenvalue weighted by molar-refractivity contribution is -0.108. The Labute approximate surface area is 77.8 Å². The van der Waals surface area contributed by atoms with Gasteiger partial charge in [0, 0.05) is 25.2 Å². The van der Waals surface area contributed by atoms with E-state index in [4.69, 9.17) is 11.6 Å². The van der Waals surface area contributed by atoms with Crippen LogP contribution in [0.1, 0.15) is 12.8 Å². The minimum absolute atomic E-state index is 0.347. The quantitative estimate of drug-likeness (QED) is 0.718. The molecule has 1 N–H and O–H groups in total. The molecule has 0 amide bonds. The molecule has 0 aromatic heterocycles. The van der Waals surface area contributed by atoms with E-state index in [1.165, 1.54) is 18.4 Å². The second-order valence-electron chi connectivity index (χ2n) is 3.91. The van der Waals surface area contributed by atoms with Crippen molar-refractivity contribution >= 4 is 11.6 Å². The van der Waals surface area contributed by atoms with Gasteiger partial charge in [0.05, 0.1) is 5.60 Å². The Kier molecular flexibility index (Phi) is 2.15. The Bertz CT molecular complexity index is 195. The van der Waals surface area contributed by atoms with Crippen LogP contribution in [0.2, 0.25) is 0 Å². The number of hydrogen-bond donors (Lipinski definition) is 1. The van der Waals surface area contributed by atoms with Gasteiger partial charge in [-0.25, -0.2) is 0 Å². The summed E-state index contributed by atoms with van der Waals surface area (Å²) in [5.41, 5.74) is 1.19. The second-order valence-corrected chi connectivity index (χ2v) is 4.16. The molecule has 0 aromatic rings. The van der Waals surface area contributed by atoms with Gasteiger partial charge < -0.3 is 5.11 Å². The van der Waals surface area contributed by atoms with Crippen molar-refractivity contribution in [1.82, 2.24) is 4.90 Å². The summed E-state index contributed by atoms with van der Waals surface area (Å²) >= 11 is 5.40. The SMILES string of the molecule is OC1(C2CC2)CN(C/C=C/Cl)C1. The third kappa shape index (κ3) is 1.51. The van der Waals surface area contributed by atoms with E-state index in [2.05, 4.69) is 4.90 Å². The highest BCUT2D eigenvalue weighted by Gasteiger charge is 2.51. The van der Waals surface area contributed by atoms with Crippen molar-refractivity contribution < 1.29 is 5.11 Å². The number of aliphatic hydroxyl groups is 1. The molecular weight excluding hydrogens is 174 g/mol. The maximum atomic E-state index is 9.92. The summed E-state index contributed by atoms with van der Waals surface area (Å²) < 4.78 is 0. The molecule has 0 spiro atoms. The zero-order valence-corrected chi connectivity index (χ0v) is 7.80. The Morgan fingerprint density at radius 3 is 2.67 bits per heavy atom. The van der Waals surface area contributed by atoms with Crippen LogP contribution >= 0.6 is 11.6 Å². The van der Waals surface area contributed by atoms with E-state index >= 15 is 0 Å². The summed E-state index contributed by atoms with van der Waals surface area (Å²) in [5, 5.41) is 9.92. The molecule has 1 aliphatic carbocycles. The first-order valence-corrected chi connectivity index (χ1v) is 4.88. The van der Waals surface area contributed by atoms with Gasteiger partial charge in [0.15, 0.2) is 0 Å². The van der Waals surface area contributed by atoms with Crippen LogP contribution in [0.4, 0.5) is 0 Å². The highest BCUT2D eigenvalue weighted by molar-refractivity contribution is 6.25. The Hall–Kier alpha value is -0.0500. The first-order valence-electron chi connectivity index (χ1n) is 4.44. The van der Waals surface area contributed by atoms with E-state index in [1.54, 1.807) is 0 Å². The van der Waals surface area contributed by atoms with Gasteiger partial charge in [-0.2, -0.15) is 0 Å². The lowest BCUT2D eigenvalue weighted by atomic mass is 9.89. The number of hydrogen-bond acceptors (Lipinski definition) is 2. The molecule has 2 aliphatic rings. The van der Waals surface area contributed by atoms with E-state index in [1.807, 2.05) is 6.08 Å². The van der Waals surface area contributed by atoms with E-state index in [0.717, 1.165) is 19.6 Å². The zero-order valence-electron chi connectivity index (χ0n) is 7.04. The molecule has 0 atom stereocenters. The highest BCUT2D eigenvalue weighted by Crippen LogP contribution is 2.44. The molecule has 0 radical (unpaired) electrons. The Morgan fingerprint density at radius 1 is 1.50 bits per heavy atom. The van der Waals surface area contributed by atoms with Crippen molar-refractivity contribution in [3.05, 3.63) is 11.6 Å². The normalized spacial score (nSPS) is 29.2. The molecule has 1 heterocycles. The van der Waals surface area contributed by atoms with Gasteiger partial charge >= 0.3 is 0 Å². The minimum Gasteiger partial charge on any atom is -0.387 e. The zero-order chi connectivity index (χ0) is 8.60. The second kappa shape index (κ2) is 3.02. The minimum atomic E-state index is -0.347. The number of nitrogens with zero attached hydrogens (tertiary/aromatic N) is 1. The van der Waals surface area contributed by atoms with Crippen molar-refractivity contribution in [3.8, 4) is 0 Å². The van der Waals surface area contributed by atoms with Crippen LogP contribution in [-0.2, 0) is 0 Å². The molecule has 12 heavy (non-hydrogen) atoms. The van der Waals surface area contributed by atoms with E-state index in [0.29, 0.717) is 5.92 Å². The molecule has 1 saturated heterocycles. The molecule has 3 heteroatoms. The van der Waals surface area contributed by atoms with Crippen molar-refractivity contribution in [2.45, 2.75) is 18.4 Å². The Balaban J connectivity index is 1.74. The molecule has 1 aliphatic heterocycles. The van der Waals surface area contributed by atoms with Crippen LogP contribution in [0.25, 0.3) is 0 Å². The third-order valence-electron chi connectivity index (χ3n) is 2.78. The van der Waals surface area contributed by atoms with E-state index < -0.39 is 0 Å². The Morgan fingerprint density at radius 2 is 2.17 bits per heavy atom. The number of rotatable bonds is 3. The summed E-state index contributed by atoms with van der Waals surface area (Å²) in [6.45, 7) is 2.54. The molecule has 2 fully saturated rings. The first-order chi connectivity index (χ1) is 5.74. The monoisotopic (exact) mass is 187 g/mol. The van der Waals surface area contributed by atoms with Crippen LogP contribution in [0, 0.1) is 5.92 Å². The molecular formula is C9H14ClNO. The maximum Gasteiger partial charge on any atom is 0.0928 e. The van der Waals surface area contributed by atoms with Crippen LogP contribution in [0.15, 0.2) is 11.6 Å². The van der Waals surface area contributed by atoms with Gasteiger partial charge in [-0.05, 0) is 18.8 Å². The van der Waals surface area contributed by atoms with Crippen molar-refractivity contribution in [1.29, 1.82) is 0 Å². The van der Waals surface area contributed by atoms with Gasteiger partial charge in [-0.15, -0.1) is 0 Å². The largest absolute Gasteiger partial charge is 0.387 e. The summed E-state index contributed by atoms with van der Waals surface area (Å²) in [7, 11) is 0. The summed E-state index contributed by atoms with van der Waals surface area (Å²) in [6, 6.07) is 0. The summed E-state index contributed by atoms with van der Waals surface area (Å²) in [5.74, 6) is 0.591. The van der Waals surface area contributed by atoms with Crippen LogP contribution in [0.3, 0.4) is 0 Å². The average molecular weight is 188 g/mol. The van der Waals surface area contributed by atoms with Crippen molar-refractivity contribution in [2.75, 3.05) is 19.6 Å². The van der Waals surface area contributed by atoms with E-state index in [9.17, 15) is 5.11 Å². The fourth-order valence-corrected chi connectivity index (χ4v) is 2.00. The van der Waals surface area contributed by atoms with Crippen molar-refractivity contribution in [3.63, 3.8) is 0 Å². The number of likely N-dealkylation sites (tertiary alicyclic amines) is 1. The van der Waals surface area contributed by atoms with Gasteiger partial charge in [-0.3, -0.25) is 4.90 Å². The first kappa shape index (κ1) is 8.54. The van der Waals surface area contributed by atoms with Gasteiger partial charge in [0.1, 0.15) is 0 Å². The predicted octanol–water partition coefficient (Wildman–Crippen LogP) is 1.20. The lowest BCUT2D eigenvalue weighted by Gasteiger charge is -2.46. The number of halogens is 1. The fourth-order valence-electron chi connectivity index (χ4n) is 1.93. The smallest absolute Gasteiger partial charge is 0.0928 e. The summed E-state index contributed by atoms with van der Waals surface area (Å²) in [4.78, 5) is 2.21. The topological polar surface area (TPSA) is 23.5 Å². The van der Waals surface area contributed by atoms with Crippen LogP contribution in [0.5, 0.6) is 0 Å². The van der Waals surface area contributed by atoms with Gasteiger partial charge in [0.2, 0.25) is 0 Å². The molecule has 0 bridgehead atoms. The molecule has 0 aromatic carbocycles. The molecule has 68 valence electrons. The predicted molar refractivity (Wildman–Crippen MR) is 49.1 cm³/mol. The third-order valence-corrected chi connectivity index (χ3v) is 2.96. The summed E-state index contributed by atoms with van der Waals surface area (Å²) in [6.07, 6.45) is 4.35. The molecule has 2 rings (SSSR count). The van der Waals surface area contributed by atoms with Crippen LogP contribution in [-0.4, -0.2) is 35.2 Å². The molecule has 0 unspecified atom stereocenters. The van der Waals surface area contributed by atoms with Crippen molar-refractivity contribution in [2.24, 2.45) is 5.92 Å². The van der Waals surface area contributed by atoms with E-state index in [-0.39, 0.29) is 5.60 Å². The lowest BCUT2D eigenvalue weighted by Crippen LogP contribution is -2.62. The standard InChI is InChI=1S/C9H14ClNO/c10-4-1-5-11-6-9(12,7-11)8-2-3-8/h1,4,8,12H,2-3,5-7H2/b4-1+. The fraction of sp³-hybridized carbons (Fsp3) is 0.778.